The Morgan fingerprint density at radius 2 is 2.20 bits per heavy atom. The van der Waals surface area contributed by atoms with E-state index in [2.05, 4.69) is 34.9 Å². The number of nitriles is 1. The van der Waals surface area contributed by atoms with Crippen LogP contribution in [0.4, 0.5) is 0 Å². The van der Waals surface area contributed by atoms with Crippen molar-refractivity contribution in [2.45, 2.75) is 33.2 Å². The van der Waals surface area contributed by atoms with Gasteiger partial charge in [0, 0.05) is 37.6 Å². The van der Waals surface area contributed by atoms with Crippen molar-refractivity contribution >= 4 is 11.6 Å². The molecular weight excluding hydrogens is 316 g/mol. The summed E-state index contributed by atoms with van der Waals surface area (Å²) >= 11 is 0. The summed E-state index contributed by atoms with van der Waals surface area (Å²) < 4.78 is 1.68. The average Bonchev–Trinajstić information content (AvgIpc) is 3.08. The van der Waals surface area contributed by atoms with E-state index in [1.807, 2.05) is 12.4 Å². The van der Waals surface area contributed by atoms with Crippen molar-refractivity contribution in [3.63, 3.8) is 0 Å². The average molecular weight is 340 g/mol. The maximum absolute atomic E-state index is 12.8. The van der Waals surface area contributed by atoms with Crippen molar-refractivity contribution in [1.82, 2.24) is 24.4 Å². The van der Waals surface area contributed by atoms with E-state index in [9.17, 15) is 4.79 Å². The van der Waals surface area contributed by atoms with Crippen LogP contribution in [0.15, 0.2) is 18.6 Å². The minimum atomic E-state index is -0.0843. The fourth-order valence-corrected chi connectivity index (χ4v) is 3.29. The topological polar surface area (TPSA) is 77.5 Å². The Morgan fingerprint density at radius 3 is 2.92 bits per heavy atom. The van der Waals surface area contributed by atoms with E-state index in [0.29, 0.717) is 24.3 Å². The van der Waals surface area contributed by atoms with Crippen LogP contribution in [0.2, 0.25) is 0 Å². The van der Waals surface area contributed by atoms with Crippen LogP contribution < -0.4 is 0 Å². The van der Waals surface area contributed by atoms with Gasteiger partial charge >= 0.3 is 0 Å². The number of nitrogens with zero attached hydrogens (tertiary/aromatic N) is 6. The van der Waals surface area contributed by atoms with Gasteiger partial charge in [0.2, 0.25) is 0 Å². The van der Waals surface area contributed by atoms with Crippen molar-refractivity contribution in [3.05, 3.63) is 29.7 Å². The summed E-state index contributed by atoms with van der Waals surface area (Å²) in [5.41, 5.74) is 2.15. The van der Waals surface area contributed by atoms with E-state index in [-0.39, 0.29) is 11.8 Å². The zero-order valence-corrected chi connectivity index (χ0v) is 14.9. The van der Waals surface area contributed by atoms with E-state index in [0.717, 1.165) is 38.0 Å². The number of carbonyl (C=O) groups is 1. The monoisotopic (exact) mass is 340 g/mol. The first kappa shape index (κ1) is 17.4. The molecule has 2 aromatic rings. The van der Waals surface area contributed by atoms with Crippen LogP contribution in [-0.2, 0) is 6.54 Å². The molecule has 1 fully saturated rings. The van der Waals surface area contributed by atoms with Crippen molar-refractivity contribution in [2.75, 3.05) is 26.2 Å². The Labute approximate surface area is 147 Å². The largest absolute Gasteiger partial charge is 0.337 e. The second-order valence-corrected chi connectivity index (χ2v) is 6.47. The SMILES string of the molecule is CCN(CC)Cc1cnc2c(C(=O)N3CCC[C@@H](C#N)C3)cnn2c1. The van der Waals surface area contributed by atoms with E-state index in [1.54, 1.807) is 15.6 Å². The minimum absolute atomic E-state index is 0.0758. The van der Waals surface area contributed by atoms with Crippen molar-refractivity contribution < 1.29 is 4.79 Å². The van der Waals surface area contributed by atoms with Gasteiger partial charge in [-0.05, 0) is 25.9 Å². The first-order chi connectivity index (χ1) is 12.2. The third-order valence-electron chi connectivity index (χ3n) is 4.83. The third kappa shape index (κ3) is 3.64. The van der Waals surface area contributed by atoms with E-state index >= 15 is 0 Å². The summed E-state index contributed by atoms with van der Waals surface area (Å²) in [6, 6.07) is 2.27. The first-order valence-corrected chi connectivity index (χ1v) is 8.89. The highest BCUT2D eigenvalue weighted by atomic mass is 16.2. The Morgan fingerprint density at radius 1 is 1.40 bits per heavy atom. The molecule has 7 heteroatoms. The van der Waals surface area contributed by atoms with Gasteiger partial charge in [0.15, 0.2) is 5.65 Å². The highest BCUT2D eigenvalue weighted by Crippen LogP contribution is 2.19. The lowest BCUT2D eigenvalue weighted by Crippen LogP contribution is -2.39. The third-order valence-corrected chi connectivity index (χ3v) is 4.83. The number of fused-ring (bicyclic) bond motifs is 1. The number of aromatic nitrogens is 3. The molecule has 1 atom stereocenters. The van der Waals surface area contributed by atoms with E-state index < -0.39 is 0 Å². The smallest absolute Gasteiger partial charge is 0.259 e. The van der Waals surface area contributed by atoms with Crippen LogP contribution in [0.5, 0.6) is 0 Å². The molecule has 0 spiro atoms. The number of rotatable bonds is 5. The van der Waals surface area contributed by atoms with Gasteiger partial charge in [-0.1, -0.05) is 13.8 Å². The molecule has 1 amide bonds. The standard InChI is InChI=1S/C18H24N6O/c1-3-22(4-2)11-15-9-20-17-16(10-21-24(17)13-15)18(25)23-7-5-6-14(8-19)12-23/h9-10,13-14H,3-7,11-12H2,1-2H3/t14-/m0/s1. The Balaban J connectivity index is 1.81. The molecule has 0 N–H and O–H groups in total. The maximum Gasteiger partial charge on any atom is 0.259 e. The Bertz CT molecular complexity index is 788. The minimum Gasteiger partial charge on any atom is -0.337 e. The van der Waals surface area contributed by atoms with Gasteiger partial charge in [-0.2, -0.15) is 10.4 Å². The summed E-state index contributed by atoms with van der Waals surface area (Å²) in [5.74, 6) is -0.160. The summed E-state index contributed by atoms with van der Waals surface area (Å²) in [7, 11) is 0. The number of carbonyl (C=O) groups excluding carboxylic acids is 1. The van der Waals surface area contributed by atoms with Crippen molar-refractivity contribution in [1.29, 1.82) is 5.26 Å². The lowest BCUT2D eigenvalue weighted by atomic mass is 9.99. The fraction of sp³-hybridized carbons (Fsp3) is 0.556. The summed E-state index contributed by atoms with van der Waals surface area (Å²) in [4.78, 5) is 21.3. The molecule has 0 aliphatic carbocycles. The number of piperidine rings is 1. The van der Waals surface area contributed by atoms with Gasteiger partial charge in [0.1, 0.15) is 5.56 Å². The molecule has 2 aromatic heterocycles. The van der Waals surface area contributed by atoms with E-state index in [4.69, 9.17) is 5.26 Å². The molecule has 3 heterocycles. The molecule has 1 aliphatic rings. The summed E-state index contributed by atoms with van der Waals surface area (Å²) in [6.45, 7) is 8.22. The molecule has 0 saturated carbocycles. The van der Waals surface area contributed by atoms with Crippen LogP contribution >= 0.6 is 0 Å². The number of hydrogen-bond acceptors (Lipinski definition) is 5. The van der Waals surface area contributed by atoms with Gasteiger partial charge < -0.3 is 4.90 Å². The molecule has 1 saturated heterocycles. The highest BCUT2D eigenvalue weighted by Gasteiger charge is 2.26. The lowest BCUT2D eigenvalue weighted by molar-refractivity contribution is 0.0700. The molecule has 0 aromatic carbocycles. The van der Waals surface area contributed by atoms with Gasteiger partial charge in [-0.25, -0.2) is 9.50 Å². The molecular formula is C18H24N6O. The maximum atomic E-state index is 12.8. The molecule has 25 heavy (non-hydrogen) atoms. The molecule has 0 bridgehead atoms. The van der Waals surface area contributed by atoms with Gasteiger partial charge in [0.05, 0.1) is 18.2 Å². The van der Waals surface area contributed by atoms with Crippen molar-refractivity contribution in [2.24, 2.45) is 5.92 Å². The number of amides is 1. The number of likely N-dealkylation sites (tertiary alicyclic amines) is 1. The van der Waals surface area contributed by atoms with Crippen LogP contribution in [0, 0.1) is 17.2 Å². The van der Waals surface area contributed by atoms with Gasteiger partial charge in [-0.15, -0.1) is 0 Å². The second kappa shape index (κ2) is 7.62. The molecule has 7 nitrogen and oxygen atoms in total. The van der Waals surface area contributed by atoms with Gasteiger partial charge in [0.25, 0.3) is 5.91 Å². The zero-order chi connectivity index (χ0) is 17.8. The van der Waals surface area contributed by atoms with Crippen molar-refractivity contribution in [3.8, 4) is 6.07 Å². The summed E-state index contributed by atoms with van der Waals surface area (Å²) in [5, 5.41) is 13.4. The molecule has 0 unspecified atom stereocenters. The highest BCUT2D eigenvalue weighted by molar-refractivity contribution is 5.99. The lowest BCUT2D eigenvalue weighted by Gasteiger charge is -2.29. The van der Waals surface area contributed by atoms with Crippen LogP contribution in [-0.4, -0.2) is 56.5 Å². The molecule has 3 rings (SSSR count). The van der Waals surface area contributed by atoms with Crippen LogP contribution in [0.25, 0.3) is 5.65 Å². The van der Waals surface area contributed by atoms with Crippen LogP contribution in [0.3, 0.4) is 0 Å². The predicted octanol–water partition coefficient (Wildman–Crippen LogP) is 1.95. The predicted molar refractivity (Wildman–Crippen MR) is 93.9 cm³/mol. The normalized spacial score (nSPS) is 17.8. The summed E-state index contributed by atoms with van der Waals surface area (Å²) in [6.07, 6.45) is 7.07. The first-order valence-electron chi connectivity index (χ1n) is 8.89. The fourth-order valence-electron chi connectivity index (χ4n) is 3.29. The Kier molecular flexibility index (Phi) is 5.29. The number of hydrogen-bond donors (Lipinski definition) is 0. The van der Waals surface area contributed by atoms with Gasteiger partial charge in [-0.3, -0.25) is 9.69 Å². The second-order valence-electron chi connectivity index (χ2n) is 6.47. The Hall–Kier alpha value is -2.46. The molecule has 0 radical (unpaired) electrons. The van der Waals surface area contributed by atoms with Crippen LogP contribution in [0.1, 0.15) is 42.6 Å². The van der Waals surface area contributed by atoms with E-state index in [1.165, 1.54) is 0 Å². The molecule has 1 aliphatic heterocycles. The molecule has 132 valence electrons. The zero-order valence-electron chi connectivity index (χ0n) is 14.9. The quantitative estimate of drug-likeness (QED) is 0.831.